The van der Waals surface area contributed by atoms with Crippen molar-refractivity contribution in [3.8, 4) is 0 Å². The first-order chi connectivity index (χ1) is 8.34. The minimum atomic E-state index is -0.266. The van der Waals surface area contributed by atoms with Crippen LogP contribution in [0.3, 0.4) is 0 Å². The Hall–Kier alpha value is -2.16. The second-order valence-electron chi connectivity index (χ2n) is 3.55. The van der Waals surface area contributed by atoms with Gasteiger partial charge in [0.25, 0.3) is 0 Å². The Morgan fingerprint density at radius 1 is 1.06 bits per heavy atom. The van der Waals surface area contributed by atoms with Gasteiger partial charge in [0.1, 0.15) is 12.4 Å². The summed E-state index contributed by atoms with van der Waals surface area (Å²) >= 11 is 0. The first-order valence-corrected chi connectivity index (χ1v) is 5.29. The van der Waals surface area contributed by atoms with Gasteiger partial charge in [0, 0.05) is 0 Å². The van der Waals surface area contributed by atoms with Crippen LogP contribution >= 0.6 is 0 Å². The highest BCUT2D eigenvalue weighted by molar-refractivity contribution is 5.78. The molecule has 2 aromatic rings. The lowest BCUT2D eigenvalue weighted by Gasteiger charge is -1.99. The topological polar surface area (TPSA) is 21.6 Å². The fraction of sp³-hybridized carbons (Fsp3) is 0.0714. The van der Waals surface area contributed by atoms with Crippen LogP contribution in [0.15, 0.2) is 59.8 Å². The molecule has 0 radical (unpaired) electrons. The van der Waals surface area contributed by atoms with E-state index in [1.807, 2.05) is 30.3 Å². The predicted octanol–water partition coefficient (Wildman–Crippen LogP) is 3.38. The summed E-state index contributed by atoms with van der Waals surface area (Å²) in [6.07, 6.45) is 1.62. The smallest absolute Gasteiger partial charge is 0.142 e. The van der Waals surface area contributed by atoms with Crippen molar-refractivity contribution in [2.24, 2.45) is 5.16 Å². The Labute approximate surface area is 99.3 Å². The molecule has 86 valence electrons. The van der Waals surface area contributed by atoms with E-state index in [9.17, 15) is 4.39 Å². The fourth-order valence-corrected chi connectivity index (χ4v) is 1.38. The van der Waals surface area contributed by atoms with E-state index in [0.717, 1.165) is 11.1 Å². The minimum Gasteiger partial charge on any atom is -0.391 e. The van der Waals surface area contributed by atoms with Gasteiger partial charge in [-0.2, -0.15) is 0 Å². The Kier molecular flexibility index (Phi) is 3.86. The van der Waals surface area contributed by atoms with Crippen molar-refractivity contribution < 1.29 is 9.23 Å². The lowest BCUT2D eigenvalue weighted by Crippen LogP contribution is -1.89. The molecule has 0 unspecified atom stereocenters. The Balaban J connectivity index is 1.86. The summed E-state index contributed by atoms with van der Waals surface area (Å²) in [5.41, 5.74) is 1.72. The lowest BCUT2D eigenvalue weighted by atomic mass is 10.2. The highest BCUT2D eigenvalue weighted by Gasteiger charge is 1.94. The maximum Gasteiger partial charge on any atom is 0.142 e. The monoisotopic (exact) mass is 229 g/mol. The van der Waals surface area contributed by atoms with Crippen LogP contribution < -0.4 is 0 Å². The van der Waals surface area contributed by atoms with Crippen molar-refractivity contribution in [2.75, 3.05) is 0 Å². The van der Waals surface area contributed by atoms with Crippen molar-refractivity contribution in [3.63, 3.8) is 0 Å². The molecule has 0 saturated carbocycles. The molecule has 0 aliphatic carbocycles. The summed E-state index contributed by atoms with van der Waals surface area (Å²) in [5.74, 6) is -0.266. The maximum absolute atomic E-state index is 12.8. The van der Waals surface area contributed by atoms with Gasteiger partial charge in [-0.15, -0.1) is 0 Å². The van der Waals surface area contributed by atoms with Gasteiger partial charge in [-0.1, -0.05) is 47.6 Å². The van der Waals surface area contributed by atoms with Crippen LogP contribution in [0.4, 0.5) is 4.39 Å². The van der Waals surface area contributed by atoms with Gasteiger partial charge in [-0.05, 0) is 23.3 Å². The molecule has 0 aliphatic rings. The second-order valence-corrected chi connectivity index (χ2v) is 3.55. The first kappa shape index (κ1) is 11.3. The molecule has 0 amide bonds. The van der Waals surface area contributed by atoms with E-state index in [1.54, 1.807) is 18.3 Å². The van der Waals surface area contributed by atoms with Gasteiger partial charge in [-0.25, -0.2) is 4.39 Å². The Morgan fingerprint density at radius 3 is 2.65 bits per heavy atom. The minimum absolute atomic E-state index is 0.265. The molecule has 0 fully saturated rings. The summed E-state index contributed by atoms with van der Waals surface area (Å²) in [7, 11) is 0. The van der Waals surface area contributed by atoms with E-state index < -0.39 is 0 Å². The van der Waals surface area contributed by atoms with Crippen LogP contribution in [0.5, 0.6) is 0 Å². The summed E-state index contributed by atoms with van der Waals surface area (Å²) in [6.45, 7) is 0.265. The van der Waals surface area contributed by atoms with Gasteiger partial charge < -0.3 is 4.84 Å². The molecule has 0 heterocycles. The van der Waals surface area contributed by atoms with Crippen LogP contribution in [-0.4, -0.2) is 6.21 Å². The molecule has 0 saturated heterocycles. The molecule has 0 bridgehead atoms. The number of oxime groups is 1. The lowest BCUT2D eigenvalue weighted by molar-refractivity contribution is 0.132. The summed E-state index contributed by atoms with van der Waals surface area (Å²) in [5, 5.41) is 3.82. The van der Waals surface area contributed by atoms with Crippen molar-refractivity contribution in [1.29, 1.82) is 0 Å². The zero-order valence-corrected chi connectivity index (χ0v) is 9.21. The third-order valence-corrected chi connectivity index (χ3v) is 2.20. The standard InChI is InChI=1S/C14H12FNO/c15-14-8-4-7-13(9-14)11-17-16-10-12-5-2-1-3-6-12/h1-10H,11H2. The van der Waals surface area contributed by atoms with Gasteiger partial charge in [0.2, 0.25) is 0 Å². The summed E-state index contributed by atoms with van der Waals surface area (Å²) in [6, 6.07) is 15.9. The van der Waals surface area contributed by atoms with E-state index in [-0.39, 0.29) is 12.4 Å². The van der Waals surface area contributed by atoms with E-state index in [4.69, 9.17) is 4.84 Å². The van der Waals surface area contributed by atoms with Crippen molar-refractivity contribution in [1.82, 2.24) is 0 Å². The third kappa shape index (κ3) is 3.72. The van der Waals surface area contributed by atoms with Crippen molar-refractivity contribution in [3.05, 3.63) is 71.5 Å². The molecule has 2 rings (SSSR count). The number of benzene rings is 2. The third-order valence-electron chi connectivity index (χ3n) is 2.20. The summed E-state index contributed by atoms with van der Waals surface area (Å²) in [4.78, 5) is 5.08. The Bertz CT molecular complexity index is 497. The number of halogens is 1. The fourth-order valence-electron chi connectivity index (χ4n) is 1.38. The molecule has 0 N–H and O–H groups in total. The number of hydrogen-bond acceptors (Lipinski definition) is 2. The van der Waals surface area contributed by atoms with Crippen molar-refractivity contribution >= 4 is 6.21 Å². The second kappa shape index (κ2) is 5.80. The molecule has 0 atom stereocenters. The maximum atomic E-state index is 12.8. The summed E-state index contributed by atoms with van der Waals surface area (Å²) < 4.78 is 12.8. The average molecular weight is 229 g/mol. The first-order valence-electron chi connectivity index (χ1n) is 5.29. The molecule has 0 aromatic heterocycles. The van der Waals surface area contributed by atoms with E-state index in [0.29, 0.717) is 0 Å². The van der Waals surface area contributed by atoms with Gasteiger partial charge >= 0.3 is 0 Å². The Morgan fingerprint density at radius 2 is 1.88 bits per heavy atom. The quantitative estimate of drug-likeness (QED) is 0.581. The largest absolute Gasteiger partial charge is 0.391 e. The molecule has 2 aromatic carbocycles. The van der Waals surface area contributed by atoms with Crippen molar-refractivity contribution in [2.45, 2.75) is 6.61 Å². The highest BCUT2D eigenvalue weighted by atomic mass is 19.1. The molecular weight excluding hydrogens is 217 g/mol. The molecule has 17 heavy (non-hydrogen) atoms. The molecule has 2 nitrogen and oxygen atoms in total. The molecular formula is C14H12FNO. The zero-order chi connectivity index (χ0) is 11.9. The molecule has 3 heteroatoms. The van der Waals surface area contributed by atoms with Crippen LogP contribution in [0, 0.1) is 5.82 Å². The van der Waals surface area contributed by atoms with Gasteiger partial charge in [-0.3, -0.25) is 0 Å². The SMILES string of the molecule is Fc1cccc(CON=Cc2ccccc2)c1. The number of nitrogens with zero attached hydrogens (tertiary/aromatic N) is 1. The molecule has 0 aliphatic heterocycles. The molecule has 0 spiro atoms. The number of rotatable bonds is 4. The van der Waals surface area contributed by atoms with Gasteiger partial charge in [0.05, 0.1) is 6.21 Å². The number of hydrogen-bond donors (Lipinski definition) is 0. The predicted molar refractivity (Wildman–Crippen MR) is 65.2 cm³/mol. The van der Waals surface area contributed by atoms with Crippen LogP contribution in [0.25, 0.3) is 0 Å². The normalized spacial score (nSPS) is 10.6. The van der Waals surface area contributed by atoms with E-state index >= 15 is 0 Å². The van der Waals surface area contributed by atoms with Crippen LogP contribution in [0.2, 0.25) is 0 Å². The van der Waals surface area contributed by atoms with Crippen LogP contribution in [-0.2, 0) is 11.4 Å². The van der Waals surface area contributed by atoms with Crippen LogP contribution in [0.1, 0.15) is 11.1 Å². The average Bonchev–Trinajstić information content (AvgIpc) is 2.36. The zero-order valence-electron chi connectivity index (χ0n) is 9.21. The van der Waals surface area contributed by atoms with E-state index in [1.165, 1.54) is 12.1 Å². The van der Waals surface area contributed by atoms with E-state index in [2.05, 4.69) is 5.16 Å². The van der Waals surface area contributed by atoms with Gasteiger partial charge in [0.15, 0.2) is 0 Å². The highest BCUT2D eigenvalue weighted by Crippen LogP contribution is 2.05.